The Morgan fingerprint density at radius 2 is 2.06 bits per heavy atom. The van der Waals surface area contributed by atoms with Crippen LogP contribution in [0.25, 0.3) is 6.08 Å². The molecule has 1 unspecified atom stereocenters. The highest BCUT2D eigenvalue weighted by molar-refractivity contribution is 5.92. The summed E-state index contributed by atoms with van der Waals surface area (Å²) in [7, 11) is 0. The van der Waals surface area contributed by atoms with Gasteiger partial charge in [0.2, 0.25) is 5.91 Å². The number of carbonyl (C=O) groups is 1. The van der Waals surface area contributed by atoms with E-state index in [2.05, 4.69) is 5.32 Å². The van der Waals surface area contributed by atoms with Gasteiger partial charge < -0.3 is 5.32 Å². The van der Waals surface area contributed by atoms with Crippen LogP contribution in [0.5, 0.6) is 0 Å². The highest BCUT2D eigenvalue weighted by Gasteiger charge is 2.05. The molecule has 4 heteroatoms. The number of amides is 1. The van der Waals surface area contributed by atoms with Gasteiger partial charge in [0.05, 0.1) is 17.7 Å². The van der Waals surface area contributed by atoms with Crippen molar-refractivity contribution in [1.29, 1.82) is 10.5 Å². The third-order valence-corrected chi connectivity index (χ3v) is 2.35. The molecular weight excluding hydrogens is 226 g/mol. The molecular formula is C14H13N3O. The van der Waals surface area contributed by atoms with Crippen LogP contribution < -0.4 is 5.32 Å². The van der Waals surface area contributed by atoms with Gasteiger partial charge in [-0.2, -0.15) is 10.5 Å². The van der Waals surface area contributed by atoms with E-state index in [1.54, 1.807) is 30.3 Å². The van der Waals surface area contributed by atoms with Gasteiger partial charge in [0, 0.05) is 6.08 Å². The third kappa shape index (κ3) is 4.11. The van der Waals surface area contributed by atoms with Crippen LogP contribution in [-0.4, -0.2) is 11.9 Å². The summed E-state index contributed by atoms with van der Waals surface area (Å²) in [5, 5.41) is 19.9. The maximum absolute atomic E-state index is 11.5. The lowest BCUT2D eigenvalue weighted by Gasteiger charge is -2.05. The first-order valence-electron chi connectivity index (χ1n) is 5.58. The molecule has 0 fully saturated rings. The van der Waals surface area contributed by atoms with Gasteiger partial charge in [0.1, 0.15) is 6.04 Å². The molecule has 0 spiro atoms. The van der Waals surface area contributed by atoms with E-state index in [4.69, 9.17) is 10.5 Å². The van der Waals surface area contributed by atoms with Crippen LogP contribution >= 0.6 is 0 Å². The van der Waals surface area contributed by atoms with E-state index in [9.17, 15) is 4.79 Å². The lowest BCUT2D eigenvalue weighted by atomic mass is 10.1. The Kier molecular flexibility index (Phi) is 5.15. The zero-order valence-corrected chi connectivity index (χ0v) is 10.1. The van der Waals surface area contributed by atoms with Crippen LogP contribution in [0.4, 0.5) is 0 Å². The molecule has 18 heavy (non-hydrogen) atoms. The highest BCUT2D eigenvalue weighted by Crippen LogP contribution is 2.05. The molecule has 1 rings (SSSR count). The number of rotatable bonds is 4. The minimum absolute atomic E-state index is 0.298. The molecule has 1 amide bonds. The van der Waals surface area contributed by atoms with Gasteiger partial charge in [0.15, 0.2) is 0 Å². The van der Waals surface area contributed by atoms with Crippen molar-refractivity contribution in [2.75, 3.05) is 0 Å². The maximum Gasteiger partial charge on any atom is 0.245 e. The largest absolute Gasteiger partial charge is 0.337 e. The lowest BCUT2D eigenvalue weighted by Crippen LogP contribution is -2.31. The summed E-state index contributed by atoms with van der Waals surface area (Å²) in [5.41, 5.74) is 1.40. The zero-order valence-electron chi connectivity index (χ0n) is 10.1. The Balaban J connectivity index is 2.61. The number of nitrogens with zero attached hydrogens (tertiary/aromatic N) is 2. The fourth-order valence-corrected chi connectivity index (χ4v) is 1.29. The number of nitriles is 2. The first-order valence-corrected chi connectivity index (χ1v) is 5.58. The zero-order chi connectivity index (χ0) is 13.4. The van der Waals surface area contributed by atoms with Gasteiger partial charge in [-0.25, -0.2) is 0 Å². The van der Waals surface area contributed by atoms with Crippen LogP contribution in [0.2, 0.25) is 0 Å². The molecule has 0 radical (unpaired) electrons. The predicted octanol–water partition coefficient (Wildman–Crippen LogP) is 1.99. The van der Waals surface area contributed by atoms with Crippen LogP contribution in [0, 0.1) is 22.7 Å². The minimum Gasteiger partial charge on any atom is -0.337 e. The van der Waals surface area contributed by atoms with Crippen molar-refractivity contribution in [3.63, 3.8) is 0 Å². The Morgan fingerprint density at radius 3 is 2.56 bits per heavy atom. The second-order valence-corrected chi connectivity index (χ2v) is 3.67. The molecule has 0 heterocycles. The standard InChI is InChI=1S/C14H13N3O/c1-2-13(10-16)17-14(18)8-7-11-3-5-12(9-15)6-4-11/h3-8,13H,2H2,1H3,(H,17,18). The molecule has 0 bridgehead atoms. The Morgan fingerprint density at radius 1 is 1.39 bits per heavy atom. The van der Waals surface area contributed by atoms with E-state index in [0.717, 1.165) is 5.56 Å². The van der Waals surface area contributed by atoms with Crippen molar-refractivity contribution in [2.45, 2.75) is 19.4 Å². The summed E-state index contributed by atoms with van der Waals surface area (Å²) in [4.78, 5) is 11.5. The van der Waals surface area contributed by atoms with E-state index < -0.39 is 6.04 Å². The van der Waals surface area contributed by atoms with Crippen LogP contribution in [0.1, 0.15) is 24.5 Å². The molecule has 0 saturated heterocycles. The fraction of sp³-hybridized carbons (Fsp3) is 0.214. The quantitative estimate of drug-likeness (QED) is 0.816. The molecule has 0 aliphatic carbocycles. The van der Waals surface area contributed by atoms with Crippen molar-refractivity contribution in [3.05, 3.63) is 41.5 Å². The van der Waals surface area contributed by atoms with Crippen LogP contribution in [-0.2, 0) is 4.79 Å². The van der Waals surface area contributed by atoms with Crippen molar-refractivity contribution in [1.82, 2.24) is 5.32 Å². The average molecular weight is 239 g/mol. The molecule has 1 aromatic rings. The second kappa shape index (κ2) is 6.88. The highest BCUT2D eigenvalue weighted by atomic mass is 16.1. The molecule has 0 aromatic heterocycles. The van der Waals surface area contributed by atoms with E-state index >= 15 is 0 Å². The number of nitrogens with one attached hydrogen (secondary N) is 1. The molecule has 90 valence electrons. The van der Waals surface area contributed by atoms with Gasteiger partial charge in [-0.3, -0.25) is 4.79 Å². The summed E-state index contributed by atoms with van der Waals surface area (Å²) < 4.78 is 0. The minimum atomic E-state index is -0.455. The first kappa shape index (κ1) is 13.5. The molecule has 1 N–H and O–H groups in total. The van der Waals surface area contributed by atoms with E-state index in [1.807, 2.05) is 19.1 Å². The monoisotopic (exact) mass is 239 g/mol. The summed E-state index contributed by atoms with van der Waals surface area (Å²) in [6.07, 6.45) is 3.59. The Hall–Kier alpha value is -2.59. The molecule has 0 aliphatic rings. The molecule has 0 aliphatic heterocycles. The fourth-order valence-electron chi connectivity index (χ4n) is 1.29. The first-order chi connectivity index (χ1) is 8.69. The van der Waals surface area contributed by atoms with Gasteiger partial charge in [-0.05, 0) is 30.2 Å². The average Bonchev–Trinajstić information content (AvgIpc) is 2.43. The molecule has 0 saturated carbocycles. The lowest BCUT2D eigenvalue weighted by molar-refractivity contribution is -0.116. The molecule has 1 atom stereocenters. The Labute approximate surface area is 106 Å². The summed E-state index contributed by atoms with van der Waals surface area (Å²) >= 11 is 0. The van der Waals surface area contributed by atoms with Crippen molar-refractivity contribution in [2.24, 2.45) is 0 Å². The maximum atomic E-state index is 11.5. The number of hydrogen-bond acceptors (Lipinski definition) is 3. The van der Waals surface area contributed by atoms with Crippen LogP contribution in [0.15, 0.2) is 30.3 Å². The topological polar surface area (TPSA) is 76.7 Å². The Bertz CT molecular complexity index is 517. The van der Waals surface area contributed by atoms with Gasteiger partial charge in [-0.15, -0.1) is 0 Å². The molecule has 1 aromatic carbocycles. The van der Waals surface area contributed by atoms with Gasteiger partial charge in [-0.1, -0.05) is 19.1 Å². The van der Waals surface area contributed by atoms with E-state index in [1.165, 1.54) is 6.08 Å². The van der Waals surface area contributed by atoms with Crippen LogP contribution in [0.3, 0.4) is 0 Å². The normalized spacial score (nSPS) is 11.5. The SMILES string of the molecule is CCC(C#N)NC(=O)C=Cc1ccc(C#N)cc1. The second-order valence-electron chi connectivity index (χ2n) is 3.67. The van der Waals surface area contributed by atoms with Crippen molar-refractivity contribution < 1.29 is 4.79 Å². The number of hydrogen-bond donors (Lipinski definition) is 1. The van der Waals surface area contributed by atoms with Crippen molar-refractivity contribution >= 4 is 12.0 Å². The summed E-state index contributed by atoms with van der Waals surface area (Å²) in [6.45, 7) is 1.83. The number of carbonyl (C=O) groups excluding carboxylic acids is 1. The molecule has 4 nitrogen and oxygen atoms in total. The predicted molar refractivity (Wildman–Crippen MR) is 68.0 cm³/mol. The van der Waals surface area contributed by atoms with Gasteiger partial charge >= 0.3 is 0 Å². The van der Waals surface area contributed by atoms with E-state index in [0.29, 0.717) is 12.0 Å². The van der Waals surface area contributed by atoms with E-state index in [-0.39, 0.29) is 5.91 Å². The smallest absolute Gasteiger partial charge is 0.245 e. The third-order valence-electron chi connectivity index (χ3n) is 2.35. The number of benzene rings is 1. The summed E-state index contributed by atoms with van der Waals surface area (Å²) in [5.74, 6) is -0.298. The van der Waals surface area contributed by atoms with Crippen molar-refractivity contribution in [3.8, 4) is 12.1 Å². The summed E-state index contributed by atoms with van der Waals surface area (Å²) in [6, 6.07) is 10.4. The van der Waals surface area contributed by atoms with Gasteiger partial charge in [0.25, 0.3) is 0 Å².